The Labute approximate surface area is 123 Å². The van der Waals surface area contributed by atoms with E-state index in [1.807, 2.05) is 50.4 Å². The lowest BCUT2D eigenvalue weighted by Gasteiger charge is -2.26. The summed E-state index contributed by atoms with van der Waals surface area (Å²) < 4.78 is 0. The van der Waals surface area contributed by atoms with Gasteiger partial charge in [-0.1, -0.05) is 12.1 Å². The fraction of sp³-hybridized carbons (Fsp3) is 0.333. The first-order valence-electron chi connectivity index (χ1n) is 6.47. The molecule has 2 aromatic rings. The summed E-state index contributed by atoms with van der Waals surface area (Å²) in [5, 5.41) is 5.85. The van der Waals surface area contributed by atoms with Crippen LogP contribution in [0.1, 0.15) is 37.3 Å². The molecule has 0 bridgehead atoms. The zero-order valence-electron chi connectivity index (χ0n) is 11.9. The molecule has 4 nitrogen and oxygen atoms in total. The molecular weight excluding hydrogens is 270 g/mol. The van der Waals surface area contributed by atoms with Crippen LogP contribution in [-0.2, 0) is 10.3 Å². The van der Waals surface area contributed by atoms with Gasteiger partial charge in [0.2, 0.25) is 5.91 Å². The maximum Gasteiger partial charge on any atom is 0.228 e. The van der Waals surface area contributed by atoms with E-state index in [1.165, 1.54) is 11.3 Å². The molecule has 0 aliphatic carbocycles. The van der Waals surface area contributed by atoms with Gasteiger partial charge in [0, 0.05) is 17.3 Å². The van der Waals surface area contributed by atoms with Crippen LogP contribution in [0.5, 0.6) is 0 Å². The normalized spacial score (nSPS) is 12.9. The molecule has 0 spiro atoms. The van der Waals surface area contributed by atoms with Gasteiger partial charge in [-0.2, -0.15) is 0 Å². The largest absolute Gasteiger partial charge is 0.399 e. The first-order chi connectivity index (χ1) is 9.40. The molecule has 0 aliphatic rings. The number of anilines is 1. The molecule has 1 atom stereocenters. The van der Waals surface area contributed by atoms with Gasteiger partial charge in [-0.15, -0.1) is 11.3 Å². The van der Waals surface area contributed by atoms with Crippen LogP contribution in [0, 0.1) is 0 Å². The minimum atomic E-state index is -0.472. The Hall–Kier alpha value is -1.88. The van der Waals surface area contributed by atoms with Crippen molar-refractivity contribution in [1.29, 1.82) is 0 Å². The van der Waals surface area contributed by atoms with Crippen molar-refractivity contribution in [3.05, 3.63) is 46.4 Å². The average Bonchev–Trinajstić information content (AvgIpc) is 2.92. The Kier molecular flexibility index (Phi) is 4.09. The van der Waals surface area contributed by atoms with Gasteiger partial charge in [-0.25, -0.2) is 4.98 Å². The van der Waals surface area contributed by atoms with Crippen LogP contribution in [-0.4, -0.2) is 10.9 Å². The molecule has 1 amide bonds. The number of amides is 1. The number of nitrogens with two attached hydrogens (primary N) is 1. The monoisotopic (exact) mass is 289 g/mol. The second kappa shape index (κ2) is 5.63. The highest BCUT2D eigenvalue weighted by molar-refractivity contribution is 7.09. The lowest BCUT2D eigenvalue weighted by atomic mass is 9.97. The van der Waals surface area contributed by atoms with Crippen LogP contribution >= 0.6 is 11.3 Å². The highest BCUT2D eigenvalue weighted by Crippen LogP contribution is 2.24. The summed E-state index contributed by atoms with van der Waals surface area (Å²) in [5.41, 5.74) is 6.87. The highest BCUT2D eigenvalue weighted by Gasteiger charge is 2.28. The van der Waals surface area contributed by atoms with Gasteiger partial charge >= 0.3 is 0 Å². The molecule has 1 aromatic heterocycles. The topological polar surface area (TPSA) is 68.0 Å². The van der Waals surface area contributed by atoms with E-state index in [0.29, 0.717) is 5.69 Å². The Morgan fingerprint density at radius 2 is 2.20 bits per heavy atom. The summed E-state index contributed by atoms with van der Waals surface area (Å²) in [6.45, 7) is 5.79. The number of nitrogens with one attached hydrogen (secondary N) is 1. The smallest absolute Gasteiger partial charge is 0.228 e. The summed E-state index contributed by atoms with van der Waals surface area (Å²) in [7, 11) is 0. The van der Waals surface area contributed by atoms with E-state index < -0.39 is 5.54 Å². The van der Waals surface area contributed by atoms with Crippen molar-refractivity contribution in [3.8, 4) is 0 Å². The van der Waals surface area contributed by atoms with Crippen LogP contribution in [0.15, 0.2) is 35.8 Å². The van der Waals surface area contributed by atoms with E-state index in [0.717, 1.165) is 10.6 Å². The van der Waals surface area contributed by atoms with Crippen molar-refractivity contribution in [2.75, 3.05) is 5.73 Å². The van der Waals surface area contributed by atoms with E-state index in [9.17, 15) is 4.79 Å². The molecule has 20 heavy (non-hydrogen) atoms. The van der Waals surface area contributed by atoms with Gasteiger partial charge < -0.3 is 11.1 Å². The predicted molar refractivity (Wildman–Crippen MR) is 82.6 cm³/mol. The number of nitrogen functional groups attached to an aromatic ring is 1. The molecule has 0 radical (unpaired) electrons. The molecule has 1 heterocycles. The Morgan fingerprint density at radius 1 is 1.45 bits per heavy atom. The maximum absolute atomic E-state index is 12.4. The van der Waals surface area contributed by atoms with Crippen LogP contribution in [0.2, 0.25) is 0 Å². The second-order valence-corrected chi connectivity index (χ2v) is 6.24. The Balaban J connectivity index is 2.12. The van der Waals surface area contributed by atoms with Crippen LogP contribution in [0.3, 0.4) is 0 Å². The first-order valence-corrected chi connectivity index (χ1v) is 7.35. The van der Waals surface area contributed by atoms with E-state index in [1.54, 1.807) is 6.20 Å². The van der Waals surface area contributed by atoms with Gasteiger partial charge in [0.05, 0.1) is 11.5 Å². The summed E-state index contributed by atoms with van der Waals surface area (Å²) in [6, 6.07) is 7.42. The van der Waals surface area contributed by atoms with Crippen LogP contribution < -0.4 is 11.1 Å². The molecule has 2 rings (SSSR count). The molecule has 0 aliphatic heterocycles. The molecule has 0 fully saturated rings. The number of thiazole rings is 1. The molecule has 0 saturated carbocycles. The van der Waals surface area contributed by atoms with Gasteiger partial charge in [0.1, 0.15) is 5.01 Å². The Bertz CT molecular complexity index is 593. The number of nitrogens with zero attached hydrogens (tertiary/aromatic N) is 1. The molecule has 0 saturated heterocycles. The van der Waals surface area contributed by atoms with E-state index in [-0.39, 0.29) is 11.8 Å². The van der Waals surface area contributed by atoms with Crippen molar-refractivity contribution >= 4 is 22.9 Å². The summed E-state index contributed by atoms with van der Waals surface area (Å²) in [4.78, 5) is 16.7. The van der Waals surface area contributed by atoms with Gasteiger partial charge in [-0.3, -0.25) is 4.79 Å². The van der Waals surface area contributed by atoms with Crippen molar-refractivity contribution in [3.63, 3.8) is 0 Å². The lowest BCUT2D eigenvalue weighted by Crippen LogP contribution is -2.42. The predicted octanol–water partition coefficient (Wildman–Crippen LogP) is 2.88. The van der Waals surface area contributed by atoms with Gasteiger partial charge in [-0.05, 0) is 38.5 Å². The van der Waals surface area contributed by atoms with Crippen molar-refractivity contribution in [2.24, 2.45) is 0 Å². The SMILES string of the molecule is CC(C(=O)NC(C)(C)c1nccs1)c1cccc(N)c1. The third kappa shape index (κ3) is 3.17. The fourth-order valence-electron chi connectivity index (χ4n) is 1.98. The van der Waals surface area contributed by atoms with Crippen molar-refractivity contribution in [1.82, 2.24) is 10.3 Å². The first kappa shape index (κ1) is 14.5. The molecule has 1 aromatic carbocycles. The lowest BCUT2D eigenvalue weighted by molar-refractivity contribution is -0.123. The minimum Gasteiger partial charge on any atom is -0.399 e. The number of benzene rings is 1. The van der Waals surface area contributed by atoms with Gasteiger partial charge in [0.15, 0.2) is 0 Å². The van der Waals surface area contributed by atoms with Crippen LogP contribution in [0.25, 0.3) is 0 Å². The maximum atomic E-state index is 12.4. The quantitative estimate of drug-likeness (QED) is 0.850. The third-order valence-corrected chi connectivity index (χ3v) is 4.30. The Morgan fingerprint density at radius 3 is 2.80 bits per heavy atom. The van der Waals surface area contributed by atoms with Crippen LogP contribution in [0.4, 0.5) is 5.69 Å². The van der Waals surface area contributed by atoms with E-state index >= 15 is 0 Å². The third-order valence-electron chi connectivity index (χ3n) is 3.21. The zero-order valence-corrected chi connectivity index (χ0v) is 12.7. The van der Waals surface area contributed by atoms with E-state index in [4.69, 9.17) is 5.73 Å². The molecule has 1 unspecified atom stereocenters. The highest BCUT2D eigenvalue weighted by atomic mass is 32.1. The van der Waals surface area contributed by atoms with E-state index in [2.05, 4.69) is 10.3 Å². The standard InChI is InChI=1S/C15H19N3OS/c1-10(11-5-4-6-12(16)9-11)13(19)18-15(2,3)14-17-7-8-20-14/h4-10H,16H2,1-3H3,(H,18,19). The number of rotatable bonds is 4. The number of carbonyl (C=O) groups excluding carboxylic acids is 1. The molecular formula is C15H19N3OS. The van der Waals surface area contributed by atoms with Gasteiger partial charge in [0.25, 0.3) is 0 Å². The number of aromatic nitrogens is 1. The molecule has 3 N–H and O–H groups in total. The summed E-state index contributed by atoms with van der Waals surface area (Å²) in [5.74, 6) is -0.284. The van der Waals surface area contributed by atoms with Crippen molar-refractivity contribution < 1.29 is 4.79 Å². The zero-order chi connectivity index (χ0) is 14.8. The average molecular weight is 289 g/mol. The number of hydrogen-bond donors (Lipinski definition) is 2. The number of carbonyl (C=O) groups is 1. The fourth-order valence-corrected chi connectivity index (χ4v) is 2.70. The number of hydrogen-bond acceptors (Lipinski definition) is 4. The summed E-state index contributed by atoms with van der Waals surface area (Å²) >= 11 is 1.54. The minimum absolute atomic E-state index is 0.0317. The summed E-state index contributed by atoms with van der Waals surface area (Å²) in [6.07, 6.45) is 1.75. The molecule has 5 heteroatoms. The molecule has 106 valence electrons. The second-order valence-electron chi connectivity index (χ2n) is 5.34. The van der Waals surface area contributed by atoms with Crippen molar-refractivity contribution in [2.45, 2.75) is 32.2 Å².